The largest absolute Gasteiger partial charge is 0.380 e. The summed E-state index contributed by atoms with van der Waals surface area (Å²) in [4.78, 5) is 35.4. The van der Waals surface area contributed by atoms with E-state index in [1.165, 1.54) is 0 Å². The molecule has 2 aromatic heterocycles. The van der Waals surface area contributed by atoms with Crippen LogP contribution in [0.2, 0.25) is 0 Å². The molecular formula is C21H25N5O3. The van der Waals surface area contributed by atoms with Crippen LogP contribution in [-0.2, 0) is 15.1 Å². The van der Waals surface area contributed by atoms with Gasteiger partial charge in [-0.3, -0.25) is 9.59 Å². The van der Waals surface area contributed by atoms with Crippen molar-refractivity contribution < 1.29 is 14.3 Å². The maximum Gasteiger partial charge on any atom is 0.270 e. The predicted molar refractivity (Wildman–Crippen MR) is 103 cm³/mol. The molecule has 6 rings (SSSR count). The van der Waals surface area contributed by atoms with E-state index in [1.807, 2.05) is 31.0 Å². The Balaban J connectivity index is 1.19. The lowest BCUT2D eigenvalue weighted by Gasteiger charge is -2.49. The fraction of sp³-hybridized carbons (Fsp3) is 0.571. The summed E-state index contributed by atoms with van der Waals surface area (Å²) >= 11 is 0. The van der Waals surface area contributed by atoms with Crippen molar-refractivity contribution >= 4 is 11.8 Å². The lowest BCUT2D eigenvalue weighted by atomic mass is 9.85. The predicted octanol–water partition coefficient (Wildman–Crippen LogP) is 1.28. The molecule has 1 spiro atoms. The summed E-state index contributed by atoms with van der Waals surface area (Å²) in [6, 6.07) is 1.88. The van der Waals surface area contributed by atoms with Gasteiger partial charge in [-0.2, -0.15) is 0 Å². The van der Waals surface area contributed by atoms with Crippen LogP contribution in [0.3, 0.4) is 0 Å². The number of H-pyrrole nitrogens is 1. The number of aromatic amines is 1. The molecule has 3 fully saturated rings. The number of imidazole rings is 1. The van der Waals surface area contributed by atoms with Gasteiger partial charge in [0.15, 0.2) is 0 Å². The van der Waals surface area contributed by atoms with Crippen LogP contribution >= 0.6 is 0 Å². The third kappa shape index (κ3) is 2.26. The molecule has 8 nitrogen and oxygen atoms in total. The van der Waals surface area contributed by atoms with Crippen LogP contribution in [0.5, 0.6) is 0 Å². The molecule has 1 aliphatic carbocycles. The first-order chi connectivity index (χ1) is 13.9. The number of nitrogens with one attached hydrogen (secondary N) is 2. The van der Waals surface area contributed by atoms with Crippen LogP contribution in [0.15, 0.2) is 18.5 Å². The fourth-order valence-electron chi connectivity index (χ4n) is 5.66. The standard InChI is InChI=1S/C21H25N5O3/c1-12-5-13(2)23-16(12)18(27)25-9-20(10-25)7-15(17-22-3-4-26(17)20)24-19(28)21-6-14(21)8-29-11-21/h3-5,14-15,23H,6-11H2,1-2H3,(H,24,28)/t14-,15?,21-/m0/s1. The molecule has 2 saturated heterocycles. The molecule has 0 aromatic carbocycles. The number of ether oxygens (including phenoxy) is 1. The van der Waals surface area contributed by atoms with Gasteiger partial charge in [0.25, 0.3) is 5.91 Å². The molecule has 4 aliphatic rings. The smallest absolute Gasteiger partial charge is 0.270 e. The summed E-state index contributed by atoms with van der Waals surface area (Å²) in [5.41, 5.74) is 2.16. The molecule has 1 unspecified atom stereocenters. The van der Waals surface area contributed by atoms with Crippen LogP contribution in [0.4, 0.5) is 0 Å². The van der Waals surface area contributed by atoms with Crippen LogP contribution in [0.1, 0.15) is 46.5 Å². The Morgan fingerprint density at radius 1 is 1.31 bits per heavy atom. The average Bonchev–Trinajstić information content (AvgIpc) is 3.11. The van der Waals surface area contributed by atoms with Gasteiger partial charge in [0.05, 0.1) is 30.2 Å². The second-order valence-electron chi connectivity index (χ2n) is 9.35. The van der Waals surface area contributed by atoms with Crippen molar-refractivity contribution in [2.45, 2.75) is 38.3 Å². The Hall–Kier alpha value is -2.61. The Labute approximate surface area is 168 Å². The highest BCUT2D eigenvalue weighted by Crippen LogP contribution is 2.57. The quantitative estimate of drug-likeness (QED) is 0.819. The van der Waals surface area contributed by atoms with E-state index in [9.17, 15) is 9.59 Å². The number of aromatic nitrogens is 3. The van der Waals surface area contributed by atoms with E-state index >= 15 is 0 Å². The van der Waals surface area contributed by atoms with Gasteiger partial charge in [0.2, 0.25) is 5.91 Å². The minimum absolute atomic E-state index is 0.0400. The summed E-state index contributed by atoms with van der Waals surface area (Å²) < 4.78 is 7.66. The third-order valence-corrected chi connectivity index (χ3v) is 7.37. The van der Waals surface area contributed by atoms with Gasteiger partial charge in [-0.25, -0.2) is 4.98 Å². The Morgan fingerprint density at radius 2 is 2.14 bits per heavy atom. The second kappa shape index (κ2) is 5.50. The van der Waals surface area contributed by atoms with Crippen LogP contribution in [0.25, 0.3) is 0 Å². The van der Waals surface area contributed by atoms with E-state index in [-0.39, 0.29) is 28.8 Å². The van der Waals surface area contributed by atoms with Gasteiger partial charge < -0.3 is 24.5 Å². The highest BCUT2D eigenvalue weighted by atomic mass is 16.5. The summed E-state index contributed by atoms with van der Waals surface area (Å²) in [6.07, 6.45) is 5.47. The number of carbonyl (C=O) groups is 2. The molecule has 1 saturated carbocycles. The van der Waals surface area contributed by atoms with Crippen LogP contribution in [-0.4, -0.2) is 57.6 Å². The first kappa shape index (κ1) is 17.3. The number of fused-ring (bicyclic) bond motifs is 3. The van der Waals surface area contributed by atoms with E-state index in [0.29, 0.717) is 37.9 Å². The normalized spacial score (nSPS) is 30.8. The van der Waals surface area contributed by atoms with E-state index in [4.69, 9.17) is 4.74 Å². The SMILES string of the molecule is Cc1cc(C)c(C(=O)N2CC3(CC(NC(=O)[C@@]45COC[C@@H]4C5)c4nccn43)C2)[nH]1. The fourth-order valence-corrected chi connectivity index (χ4v) is 5.66. The number of nitrogens with zero attached hydrogens (tertiary/aromatic N) is 3. The van der Waals surface area contributed by atoms with Crippen molar-refractivity contribution in [1.82, 2.24) is 24.8 Å². The number of rotatable bonds is 3. The lowest BCUT2D eigenvalue weighted by Crippen LogP contribution is -2.63. The summed E-state index contributed by atoms with van der Waals surface area (Å²) in [5.74, 6) is 1.41. The van der Waals surface area contributed by atoms with E-state index < -0.39 is 0 Å². The van der Waals surface area contributed by atoms with Crippen molar-refractivity contribution in [3.63, 3.8) is 0 Å². The molecular weight excluding hydrogens is 370 g/mol. The molecule has 0 radical (unpaired) electrons. The third-order valence-electron chi connectivity index (χ3n) is 7.37. The summed E-state index contributed by atoms with van der Waals surface area (Å²) in [7, 11) is 0. The second-order valence-corrected chi connectivity index (χ2v) is 9.35. The zero-order chi connectivity index (χ0) is 20.0. The topological polar surface area (TPSA) is 92.2 Å². The molecule has 3 atom stereocenters. The molecule has 5 heterocycles. The van der Waals surface area contributed by atoms with Gasteiger partial charge >= 0.3 is 0 Å². The van der Waals surface area contributed by atoms with Crippen LogP contribution < -0.4 is 5.32 Å². The van der Waals surface area contributed by atoms with E-state index in [0.717, 1.165) is 29.9 Å². The van der Waals surface area contributed by atoms with E-state index in [1.54, 1.807) is 6.20 Å². The van der Waals surface area contributed by atoms with Crippen molar-refractivity contribution in [2.75, 3.05) is 26.3 Å². The Kier molecular flexibility index (Phi) is 3.28. The number of hydrogen-bond acceptors (Lipinski definition) is 4. The number of carbonyl (C=O) groups excluding carboxylic acids is 2. The van der Waals surface area contributed by atoms with Crippen LogP contribution in [0, 0.1) is 25.2 Å². The molecule has 2 aromatic rings. The highest BCUT2D eigenvalue weighted by molar-refractivity contribution is 5.94. The molecule has 2 N–H and O–H groups in total. The van der Waals surface area contributed by atoms with Gasteiger partial charge in [0.1, 0.15) is 11.5 Å². The Bertz CT molecular complexity index is 1030. The summed E-state index contributed by atoms with van der Waals surface area (Å²) in [6.45, 7) is 6.42. The van der Waals surface area contributed by atoms with Crippen molar-refractivity contribution in [2.24, 2.45) is 11.3 Å². The summed E-state index contributed by atoms with van der Waals surface area (Å²) in [5, 5.41) is 3.24. The lowest BCUT2D eigenvalue weighted by molar-refractivity contribution is -0.128. The Morgan fingerprint density at radius 3 is 2.79 bits per heavy atom. The number of aryl methyl sites for hydroxylation is 2. The van der Waals surface area contributed by atoms with Gasteiger partial charge in [-0.15, -0.1) is 0 Å². The molecule has 8 heteroatoms. The van der Waals surface area contributed by atoms with Crippen molar-refractivity contribution in [3.8, 4) is 0 Å². The molecule has 0 bridgehead atoms. The minimum Gasteiger partial charge on any atom is -0.380 e. The maximum absolute atomic E-state index is 12.9. The molecule has 2 amide bonds. The monoisotopic (exact) mass is 395 g/mol. The van der Waals surface area contributed by atoms with Crippen molar-refractivity contribution in [1.29, 1.82) is 0 Å². The zero-order valence-electron chi connectivity index (χ0n) is 16.7. The molecule has 152 valence electrons. The first-order valence-corrected chi connectivity index (χ1v) is 10.3. The van der Waals surface area contributed by atoms with E-state index in [2.05, 4.69) is 19.9 Å². The minimum atomic E-state index is -0.308. The first-order valence-electron chi connectivity index (χ1n) is 10.3. The zero-order valence-corrected chi connectivity index (χ0v) is 16.7. The molecule has 29 heavy (non-hydrogen) atoms. The number of likely N-dealkylation sites (tertiary alicyclic amines) is 1. The van der Waals surface area contributed by atoms with Gasteiger partial charge in [0, 0.05) is 43.5 Å². The highest BCUT2D eigenvalue weighted by Gasteiger charge is 2.64. The average molecular weight is 395 g/mol. The van der Waals surface area contributed by atoms with Gasteiger partial charge in [-0.05, 0) is 31.9 Å². The number of amides is 2. The maximum atomic E-state index is 12.9. The van der Waals surface area contributed by atoms with Gasteiger partial charge in [-0.1, -0.05) is 0 Å². The van der Waals surface area contributed by atoms with Crippen molar-refractivity contribution in [3.05, 3.63) is 41.2 Å². The number of hydrogen-bond donors (Lipinski definition) is 2. The molecule has 3 aliphatic heterocycles.